The van der Waals surface area contributed by atoms with Crippen LogP contribution in [0.15, 0.2) is 17.3 Å². The Morgan fingerprint density at radius 3 is 2.49 bits per heavy atom. The SMILES string of the molecule is COc1cc(OC)c(CCC2(C3CCCC3)CC(=O)C(Sc3nnc(CCN4CCOCC4)n3C)C(=O)O2)cc1Cl. The van der Waals surface area contributed by atoms with Gasteiger partial charge in [-0.25, -0.2) is 0 Å². The maximum atomic E-state index is 13.6. The Hall–Kier alpha value is -2.34. The first-order valence-electron chi connectivity index (χ1n) is 14.3. The molecule has 224 valence electrons. The van der Waals surface area contributed by atoms with Gasteiger partial charge in [-0.1, -0.05) is 36.2 Å². The van der Waals surface area contributed by atoms with Crippen molar-refractivity contribution >= 4 is 35.1 Å². The normalized spacial score (nSPS) is 24.0. The Labute approximate surface area is 250 Å². The van der Waals surface area contributed by atoms with E-state index in [4.69, 9.17) is 30.5 Å². The smallest absolute Gasteiger partial charge is 0.327 e. The number of benzene rings is 1. The van der Waals surface area contributed by atoms with Gasteiger partial charge in [0.05, 0.1) is 32.5 Å². The zero-order valence-electron chi connectivity index (χ0n) is 24.0. The van der Waals surface area contributed by atoms with Crippen LogP contribution in [0.5, 0.6) is 11.5 Å². The summed E-state index contributed by atoms with van der Waals surface area (Å²) < 4.78 is 24.5. The molecule has 2 aliphatic heterocycles. The third-order valence-electron chi connectivity index (χ3n) is 8.66. The average molecular weight is 607 g/mol. The number of hydrogen-bond donors (Lipinski definition) is 0. The van der Waals surface area contributed by atoms with Gasteiger partial charge in [-0.05, 0) is 43.2 Å². The molecule has 10 nitrogen and oxygen atoms in total. The summed E-state index contributed by atoms with van der Waals surface area (Å²) in [5, 5.41) is 8.73. The Morgan fingerprint density at radius 1 is 1.07 bits per heavy atom. The molecule has 0 spiro atoms. The number of methoxy groups -OCH3 is 2. The molecule has 2 unspecified atom stereocenters. The van der Waals surface area contributed by atoms with E-state index in [0.717, 1.165) is 88.1 Å². The van der Waals surface area contributed by atoms with E-state index in [1.807, 2.05) is 17.7 Å². The highest BCUT2D eigenvalue weighted by Gasteiger charge is 2.52. The molecule has 41 heavy (non-hydrogen) atoms. The highest BCUT2D eigenvalue weighted by atomic mass is 35.5. The Morgan fingerprint density at radius 2 is 1.80 bits per heavy atom. The first kappa shape index (κ1) is 30.1. The summed E-state index contributed by atoms with van der Waals surface area (Å²) >= 11 is 7.55. The third-order valence-corrected chi connectivity index (χ3v) is 10.2. The summed E-state index contributed by atoms with van der Waals surface area (Å²) in [7, 11) is 5.04. The Bertz CT molecular complexity index is 1230. The molecule has 1 aliphatic carbocycles. The number of cyclic esters (lactones) is 1. The molecule has 12 heteroatoms. The van der Waals surface area contributed by atoms with Crippen LogP contribution >= 0.6 is 23.4 Å². The number of rotatable bonds is 11. The van der Waals surface area contributed by atoms with Crippen LogP contribution in [-0.2, 0) is 39.0 Å². The fourth-order valence-electron chi connectivity index (χ4n) is 6.26. The largest absolute Gasteiger partial charge is 0.496 e. The molecule has 1 aromatic carbocycles. The van der Waals surface area contributed by atoms with Gasteiger partial charge in [-0.2, -0.15) is 0 Å². The second-order valence-corrected chi connectivity index (χ2v) is 12.5. The van der Waals surface area contributed by atoms with Crippen LogP contribution in [0.4, 0.5) is 0 Å². The van der Waals surface area contributed by atoms with Crippen molar-refractivity contribution in [1.29, 1.82) is 0 Å². The molecule has 3 heterocycles. The number of nitrogens with zero attached hydrogens (tertiary/aromatic N) is 4. The summed E-state index contributed by atoms with van der Waals surface area (Å²) in [6.45, 7) is 4.16. The average Bonchev–Trinajstić information content (AvgIpc) is 3.64. The van der Waals surface area contributed by atoms with Crippen LogP contribution in [0.2, 0.25) is 5.02 Å². The zero-order chi connectivity index (χ0) is 29.0. The molecule has 0 bridgehead atoms. The summed E-state index contributed by atoms with van der Waals surface area (Å²) in [6.07, 6.45) is 6.01. The Balaban J connectivity index is 1.28. The van der Waals surface area contributed by atoms with Crippen molar-refractivity contribution in [2.75, 3.05) is 47.1 Å². The summed E-state index contributed by atoms with van der Waals surface area (Å²) in [6, 6.07) is 3.60. The van der Waals surface area contributed by atoms with Crippen molar-refractivity contribution in [3.63, 3.8) is 0 Å². The molecule has 3 fully saturated rings. The van der Waals surface area contributed by atoms with Crippen LogP contribution in [-0.4, -0.2) is 89.3 Å². The van der Waals surface area contributed by atoms with Crippen LogP contribution in [0.1, 0.15) is 49.9 Å². The third kappa shape index (κ3) is 6.68. The van der Waals surface area contributed by atoms with Crippen molar-refractivity contribution in [3.05, 3.63) is 28.5 Å². The Kier molecular flexibility index (Phi) is 9.78. The number of morpholine rings is 1. The first-order chi connectivity index (χ1) is 19.8. The molecule has 1 aromatic heterocycles. The van der Waals surface area contributed by atoms with Crippen LogP contribution < -0.4 is 9.47 Å². The molecule has 3 aliphatic rings. The minimum absolute atomic E-state index is 0.115. The molecule has 2 aromatic rings. The van der Waals surface area contributed by atoms with E-state index in [1.165, 1.54) is 0 Å². The molecule has 1 saturated carbocycles. The van der Waals surface area contributed by atoms with Crippen molar-refractivity contribution in [2.45, 2.75) is 67.4 Å². The molecular formula is C29H39ClN4O6S. The van der Waals surface area contributed by atoms with E-state index < -0.39 is 16.8 Å². The van der Waals surface area contributed by atoms with Gasteiger partial charge in [0.25, 0.3) is 0 Å². The number of Topliss-reactive ketones (excluding diaryl/α,β-unsaturated/α-hetero) is 1. The quantitative estimate of drug-likeness (QED) is 0.276. The van der Waals surface area contributed by atoms with Gasteiger partial charge in [-0.3, -0.25) is 14.5 Å². The number of esters is 1. The fourth-order valence-corrected chi connectivity index (χ4v) is 7.45. The predicted octanol–water partition coefficient (Wildman–Crippen LogP) is 3.90. The molecular weight excluding hydrogens is 568 g/mol. The lowest BCUT2D eigenvalue weighted by atomic mass is 9.76. The van der Waals surface area contributed by atoms with Gasteiger partial charge in [-0.15, -0.1) is 10.2 Å². The summed E-state index contributed by atoms with van der Waals surface area (Å²) in [4.78, 5) is 29.5. The van der Waals surface area contributed by atoms with E-state index in [0.29, 0.717) is 34.5 Å². The summed E-state index contributed by atoms with van der Waals surface area (Å²) in [5.41, 5.74) is 0.0434. The number of aromatic nitrogens is 3. The second-order valence-electron chi connectivity index (χ2n) is 11.1. The number of ether oxygens (including phenoxy) is 4. The van der Waals surface area contributed by atoms with Crippen LogP contribution in [0.25, 0.3) is 0 Å². The lowest BCUT2D eigenvalue weighted by Crippen LogP contribution is -2.53. The topological polar surface area (TPSA) is 105 Å². The molecule has 0 amide bonds. The number of carbonyl (C=O) groups is 2. The molecule has 2 saturated heterocycles. The predicted molar refractivity (Wildman–Crippen MR) is 155 cm³/mol. The van der Waals surface area contributed by atoms with E-state index in [-0.39, 0.29) is 18.1 Å². The number of ketones is 1. The van der Waals surface area contributed by atoms with E-state index in [1.54, 1.807) is 20.3 Å². The monoisotopic (exact) mass is 606 g/mol. The number of aryl methyl sites for hydroxylation is 1. The number of halogens is 1. The minimum Gasteiger partial charge on any atom is -0.496 e. The van der Waals surface area contributed by atoms with Crippen molar-refractivity contribution in [3.8, 4) is 11.5 Å². The van der Waals surface area contributed by atoms with E-state index in [2.05, 4.69) is 15.1 Å². The highest BCUT2D eigenvalue weighted by Crippen LogP contribution is 2.46. The lowest BCUT2D eigenvalue weighted by molar-refractivity contribution is -0.177. The van der Waals surface area contributed by atoms with Crippen molar-refractivity contribution < 1.29 is 28.5 Å². The lowest BCUT2D eigenvalue weighted by Gasteiger charge is -2.42. The molecule has 0 N–H and O–H groups in total. The van der Waals surface area contributed by atoms with Gasteiger partial charge < -0.3 is 23.5 Å². The van der Waals surface area contributed by atoms with Crippen molar-refractivity contribution in [2.24, 2.45) is 13.0 Å². The van der Waals surface area contributed by atoms with Gasteiger partial charge >= 0.3 is 5.97 Å². The summed E-state index contributed by atoms with van der Waals surface area (Å²) in [5.74, 6) is 1.54. The molecule has 2 atom stereocenters. The van der Waals surface area contributed by atoms with E-state index in [9.17, 15) is 9.59 Å². The maximum Gasteiger partial charge on any atom is 0.327 e. The zero-order valence-corrected chi connectivity index (χ0v) is 25.6. The number of thioether (sulfide) groups is 1. The van der Waals surface area contributed by atoms with Gasteiger partial charge in [0.1, 0.15) is 22.9 Å². The number of hydrogen-bond acceptors (Lipinski definition) is 10. The van der Waals surface area contributed by atoms with Gasteiger partial charge in [0.15, 0.2) is 16.2 Å². The van der Waals surface area contributed by atoms with Gasteiger partial charge in [0.2, 0.25) is 0 Å². The number of carbonyl (C=O) groups excluding carboxylic acids is 2. The molecule has 5 rings (SSSR count). The van der Waals surface area contributed by atoms with Crippen LogP contribution in [0, 0.1) is 5.92 Å². The van der Waals surface area contributed by atoms with Gasteiger partial charge in [0, 0.05) is 45.6 Å². The standard InChI is InChI=1S/C29H39ClN4O6S/c1-33-25(9-11-34-12-14-39-15-13-34)31-32-28(33)41-26-22(35)18-29(40-27(26)36,20-6-4-5-7-20)10-8-19-16-21(30)24(38-3)17-23(19)37-2/h16-17,20,26H,4-15,18H2,1-3H3. The highest BCUT2D eigenvalue weighted by molar-refractivity contribution is 8.01. The van der Waals surface area contributed by atoms with E-state index >= 15 is 0 Å². The minimum atomic E-state index is -0.954. The van der Waals surface area contributed by atoms with Crippen LogP contribution in [0.3, 0.4) is 0 Å². The second kappa shape index (κ2) is 13.3. The fraction of sp³-hybridized carbons (Fsp3) is 0.655. The maximum absolute atomic E-state index is 13.6. The van der Waals surface area contributed by atoms with Crippen molar-refractivity contribution in [1.82, 2.24) is 19.7 Å². The first-order valence-corrected chi connectivity index (χ1v) is 15.6. The molecule has 0 radical (unpaired) electrons.